The Bertz CT molecular complexity index is 388. The lowest BCUT2D eigenvalue weighted by atomic mass is 10.1. The second-order valence-electron chi connectivity index (χ2n) is 3.92. The van der Waals surface area contributed by atoms with Gasteiger partial charge in [0.2, 0.25) is 5.91 Å². The molecule has 0 unspecified atom stereocenters. The van der Waals surface area contributed by atoms with Gasteiger partial charge in [0.1, 0.15) is 5.82 Å². The first-order chi connectivity index (χ1) is 7.70. The summed E-state index contributed by atoms with van der Waals surface area (Å²) in [7, 11) is 1.63. The van der Waals surface area contributed by atoms with Gasteiger partial charge >= 0.3 is 0 Å². The third-order valence-electron chi connectivity index (χ3n) is 2.83. The van der Waals surface area contributed by atoms with E-state index in [0.29, 0.717) is 18.7 Å². The van der Waals surface area contributed by atoms with Crippen molar-refractivity contribution in [3.8, 4) is 0 Å². The number of benzene rings is 1. The molecule has 0 saturated carbocycles. The second-order valence-corrected chi connectivity index (χ2v) is 3.92. The van der Waals surface area contributed by atoms with Crippen LogP contribution in [-0.4, -0.2) is 37.1 Å². The van der Waals surface area contributed by atoms with Crippen molar-refractivity contribution in [2.45, 2.75) is 12.5 Å². The maximum Gasteiger partial charge on any atom is 0.227 e. The van der Waals surface area contributed by atoms with Crippen molar-refractivity contribution in [1.82, 2.24) is 4.90 Å². The Morgan fingerprint density at radius 2 is 2.19 bits per heavy atom. The van der Waals surface area contributed by atoms with Gasteiger partial charge in [-0.15, -0.1) is 0 Å². The zero-order valence-corrected chi connectivity index (χ0v) is 9.15. The van der Waals surface area contributed by atoms with Gasteiger partial charge in [-0.2, -0.15) is 0 Å². The molecule has 0 radical (unpaired) electrons. The van der Waals surface area contributed by atoms with Crippen LogP contribution in [-0.2, 0) is 16.0 Å². The van der Waals surface area contributed by atoms with Gasteiger partial charge in [-0.25, -0.2) is 4.39 Å². The average Bonchev–Trinajstić information content (AvgIpc) is 2.20. The van der Waals surface area contributed by atoms with Crippen LogP contribution in [0.5, 0.6) is 0 Å². The summed E-state index contributed by atoms with van der Waals surface area (Å²) in [5.74, 6) is -0.363. The third-order valence-corrected chi connectivity index (χ3v) is 2.83. The standard InChI is InChI=1S/C12H14FNO2/c1-16-10-7-14(8-10)12(15)6-9-4-2-3-5-11(9)13/h2-5,10H,6-8H2,1H3. The molecule has 1 aromatic rings. The molecular formula is C12H14FNO2. The highest BCUT2D eigenvalue weighted by Gasteiger charge is 2.30. The summed E-state index contributed by atoms with van der Waals surface area (Å²) in [6.45, 7) is 1.23. The van der Waals surface area contributed by atoms with Gasteiger partial charge in [-0.3, -0.25) is 4.79 Å². The van der Waals surface area contributed by atoms with Crippen LogP contribution in [0.3, 0.4) is 0 Å². The Labute approximate surface area is 93.8 Å². The van der Waals surface area contributed by atoms with E-state index in [1.165, 1.54) is 6.07 Å². The van der Waals surface area contributed by atoms with Gasteiger partial charge < -0.3 is 9.64 Å². The number of ether oxygens (including phenoxy) is 1. The number of hydrogen-bond acceptors (Lipinski definition) is 2. The number of methoxy groups -OCH3 is 1. The molecule has 2 rings (SSSR count). The van der Waals surface area contributed by atoms with E-state index in [-0.39, 0.29) is 24.2 Å². The first kappa shape index (κ1) is 11.1. The molecule has 0 aliphatic carbocycles. The number of likely N-dealkylation sites (tertiary alicyclic amines) is 1. The molecule has 1 heterocycles. The zero-order chi connectivity index (χ0) is 11.5. The summed E-state index contributed by atoms with van der Waals surface area (Å²) in [5.41, 5.74) is 0.452. The van der Waals surface area contributed by atoms with E-state index >= 15 is 0 Å². The number of carbonyl (C=O) groups is 1. The van der Waals surface area contributed by atoms with Crippen molar-refractivity contribution in [3.05, 3.63) is 35.6 Å². The first-order valence-electron chi connectivity index (χ1n) is 5.24. The summed E-state index contributed by atoms with van der Waals surface area (Å²) >= 11 is 0. The van der Waals surface area contributed by atoms with Crippen LogP contribution >= 0.6 is 0 Å². The zero-order valence-electron chi connectivity index (χ0n) is 9.15. The smallest absolute Gasteiger partial charge is 0.227 e. The third kappa shape index (κ3) is 2.22. The highest BCUT2D eigenvalue weighted by molar-refractivity contribution is 5.79. The molecule has 1 aromatic carbocycles. The van der Waals surface area contributed by atoms with Crippen LogP contribution in [0.4, 0.5) is 4.39 Å². The molecule has 16 heavy (non-hydrogen) atoms. The van der Waals surface area contributed by atoms with E-state index in [2.05, 4.69) is 0 Å². The summed E-state index contributed by atoms with van der Waals surface area (Å²) in [4.78, 5) is 13.4. The number of amides is 1. The molecule has 4 heteroatoms. The minimum atomic E-state index is -0.320. The highest BCUT2D eigenvalue weighted by atomic mass is 19.1. The molecule has 0 spiro atoms. The fourth-order valence-electron chi connectivity index (χ4n) is 1.71. The predicted octanol–water partition coefficient (Wildman–Crippen LogP) is 1.23. The van der Waals surface area contributed by atoms with E-state index in [9.17, 15) is 9.18 Å². The monoisotopic (exact) mass is 223 g/mol. The van der Waals surface area contributed by atoms with Gasteiger partial charge in [0.15, 0.2) is 0 Å². The second kappa shape index (κ2) is 4.61. The maximum absolute atomic E-state index is 13.3. The highest BCUT2D eigenvalue weighted by Crippen LogP contribution is 2.14. The van der Waals surface area contributed by atoms with E-state index in [1.807, 2.05) is 0 Å². The molecule has 1 fully saturated rings. The summed E-state index contributed by atoms with van der Waals surface area (Å²) in [5, 5.41) is 0. The van der Waals surface area contributed by atoms with E-state index in [0.717, 1.165) is 0 Å². The molecule has 0 N–H and O–H groups in total. The minimum Gasteiger partial charge on any atom is -0.378 e. The number of carbonyl (C=O) groups excluding carboxylic acids is 1. The molecular weight excluding hydrogens is 209 g/mol. The van der Waals surface area contributed by atoms with Crippen LogP contribution in [0, 0.1) is 5.82 Å². The van der Waals surface area contributed by atoms with Crippen LogP contribution in [0.15, 0.2) is 24.3 Å². The van der Waals surface area contributed by atoms with Gasteiger partial charge in [0.05, 0.1) is 12.5 Å². The fourth-order valence-corrected chi connectivity index (χ4v) is 1.71. The average molecular weight is 223 g/mol. The molecule has 3 nitrogen and oxygen atoms in total. The quantitative estimate of drug-likeness (QED) is 0.771. The minimum absolute atomic E-state index is 0.0431. The van der Waals surface area contributed by atoms with Gasteiger partial charge in [0.25, 0.3) is 0 Å². The number of rotatable bonds is 3. The maximum atomic E-state index is 13.3. The fraction of sp³-hybridized carbons (Fsp3) is 0.417. The van der Waals surface area contributed by atoms with E-state index in [1.54, 1.807) is 30.2 Å². The van der Waals surface area contributed by atoms with E-state index in [4.69, 9.17) is 4.74 Å². The van der Waals surface area contributed by atoms with Crippen molar-refractivity contribution in [1.29, 1.82) is 0 Å². The summed E-state index contributed by atoms with van der Waals surface area (Å²) in [6, 6.07) is 6.37. The molecule has 0 aromatic heterocycles. The summed E-state index contributed by atoms with van der Waals surface area (Å²) in [6.07, 6.45) is 0.271. The van der Waals surface area contributed by atoms with Crippen LogP contribution in [0.2, 0.25) is 0 Å². The Morgan fingerprint density at radius 3 is 2.81 bits per heavy atom. The molecule has 1 aliphatic heterocycles. The normalized spacial score (nSPS) is 16.0. The van der Waals surface area contributed by atoms with Crippen LogP contribution in [0.25, 0.3) is 0 Å². The molecule has 1 amide bonds. The van der Waals surface area contributed by atoms with Crippen molar-refractivity contribution < 1.29 is 13.9 Å². The lowest BCUT2D eigenvalue weighted by Gasteiger charge is -2.38. The lowest BCUT2D eigenvalue weighted by Crippen LogP contribution is -2.54. The molecule has 86 valence electrons. The van der Waals surface area contributed by atoms with Gasteiger partial charge in [-0.1, -0.05) is 18.2 Å². The SMILES string of the molecule is COC1CN(C(=O)Cc2ccccc2F)C1. The Hall–Kier alpha value is -1.42. The van der Waals surface area contributed by atoms with Crippen molar-refractivity contribution in [2.24, 2.45) is 0 Å². The van der Waals surface area contributed by atoms with E-state index < -0.39 is 0 Å². The molecule has 1 aliphatic rings. The Balaban J connectivity index is 1.91. The topological polar surface area (TPSA) is 29.5 Å². The Morgan fingerprint density at radius 1 is 1.50 bits per heavy atom. The first-order valence-corrected chi connectivity index (χ1v) is 5.24. The van der Waals surface area contributed by atoms with Crippen molar-refractivity contribution >= 4 is 5.91 Å². The van der Waals surface area contributed by atoms with Gasteiger partial charge in [0, 0.05) is 20.2 Å². The Kier molecular flexibility index (Phi) is 3.19. The number of halogens is 1. The molecule has 0 bridgehead atoms. The molecule has 0 atom stereocenters. The lowest BCUT2D eigenvalue weighted by molar-refractivity contribution is -0.142. The van der Waals surface area contributed by atoms with Crippen molar-refractivity contribution in [2.75, 3.05) is 20.2 Å². The predicted molar refractivity (Wildman–Crippen MR) is 57.5 cm³/mol. The van der Waals surface area contributed by atoms with Crippen LogP contribution < -0.4 is 0 Å². The largest absolute Gasteiger partial charge is 0.378 e. The number of hydrogen-bond donors (Lipinski definition) is 0. The number of nitrogens with zero attached hydrogens (tertiary/aromatic N) is 1. The van der Waals surface area contributed by atoms with Crippen LogP contribution in [0.1, 0.15) is 5.56 Å². The van der Waals surface area contributed by atoms with Crippen molar-refractivity contribution in [3.63, 3.8) is 0 Å². The molecule has 1 saturated heterocycles. The summed E-state index contributed by atoms with van der Waals surface area (Å²) < 4.78 is 18.4. The van der Waals surface area contributed by atoms with Gasteiger partial charge in [-0.05, 0) is 11.6 Å².